The van der Waals surface area contributed by atoms with Crippen molar-refractivity contribution in [2.75, 3.05) is 20.2 Å². The second-order valence-corrected chi connectivity index (χ2v) is 7.69. The van der Waals surface area contributed by atoms with Crippen molar-refractivity contribution in [3.63, 3.8) is 0 Å². The van der Waals surface area contributed by atoms with Crippen LogP contribution in [0.4, 0.5) is 0 Å². The number of rotatable bonds is 5. The maximum Gasteiger partial charge on any atom is 0.191 e. The van der Waals surface area contributed by atoms with E-state index in [-0.39, 0.29) is 5.41 Å². The molecule has 1 aliphatic heterocycles. The first-order valence-corrected chi connectivity index (χ1v) is 9.03. The van der Waals surface area contributed by atoms with Crippen LogP contribution in [-0.2, 0) is 11.3 Å². The van der Waals surface area contributed by atoms with Crippen LogP contribution in [0.25, 0.3) is 0 Å². The SMILES string of the molecule is CN=C(NCCCn1nc(C)cc1C)NC1C2CCOC2C1(C)C. The van der Waals surface area contributed by atoms with Gasteiger partial charge in [-0.2, -0.15) is 5.10 Å². The number of hydrogen-bond acceptors (Lipinski definition) is 3. The summed E-state index contributed by atoms with van der Waals surface area (Å²) >= 11 is 0. The summed E-state index contributed by atoms with van der Waals surface area (Å²) in [5.74, 6) is 1.51. The molecule has 24 heavy (non-hydrogen) atoms. The number of hydrogen-bond donors (Lipinski definition) is 2. The molecule has 1 saturated heterocycles. The van der Waals surface area contributed by atoms with E-state index < -0.39 is 0 Å². The quantitative estimate of drug-likeness (QED) is 0.490. The normalized spacial score (nSPS) is 28.4. The maximum atomic E-state index is 5.86. The van der Waals surface area contributed by atoms with Crippen LogP contribution >= 0.6 is 0 Å². The van der Waals surface area contributed by atoms with E-state index >= 15 is 0 Å². The highest BCUT2D eigenvalue weighted by molar-refractivity contribution is 5.80. The highest BCUT2D eigenvalue weighted by atomic mass is 16.5. The van der Waals surface area contributed by atoms with E-state index in [0.717, 1.165) is 44.2 Å². The largest absolute Gasteiger partial charge is 0.377 e. The fourth-order valence-electron chi connectivity index (χ4n) is 4.30. The zero-order valence-electron chi connectivity index (χ0n) is 15.6. The average Bonchev–Trinajstić information content (AvgIpc) is 3.11. The van der Waals surface area contributed by atoms with Gasteiger partial charge >= 0.3 is 0 Å². The van der Waals surface area contributed by atoms with Gasteiger partial charge in [-0.1, -0.05) is 13.8 Å². The van der Waals surface area contributed by atoms with Crippen LogP contribution < -0.4 is 10.6 Å². The summed E-state index contributed by atoms with van der Waals surface area (Å²) in [5, 5.41) is 11.6. The average molecular weight is 333 g/mol. The number of aromatic nitrogens is 2. The molecule has 6 heteroatoms. The van der Waals surface area contributed by atoms with E-state index in [0.29, 0.717) is 18.1 Å². The lowest BCUT2D eigenvalue weighted by molar-refractivity contribution is -0.106. The number of ether oxygens (including phenoxy) is 1. The van der Waals surface area contributed by atoms with E-state index in [9.17, 15) is 0 Å². The molecule has 1 saturated carbocycles. The molecule has 0 radical (unpaired) electrons. The molecule has 1 aliphatic carbocycles. The van der Waals surface area contributed by atoms with Gasteiger partial charge in [-0.25, -0.2) is 0 Å². The summed E-state index contributed by atoms with van der Waals surface area (Å²) in [6.07, 6.45) is 2.58. The van der Waals surface area contributed by atoms with Crippen LogP contribution in [0.1, 0.15) is 38.1 Å². The van der Waals surface area contributed by atoms with Gasteiger partial charge in [0.2, 0.25) is 0 Å². The van der Waals surface area contributed by atoms with Crippen molar-refractivity contribution in [1.82, 2.24) is 20.4 Å². The minimum Gasteiger partial charge on any atom is -0.377 e. The number of aliphatic imine (C=N–C) groups is 1. The highest BCUT2D eigenvalue weighted by Gasteiger charge is 2.59. The van der Waals surface area contributed by atoms with Gasteiger partial charge < -0.3 is 15.4 Å². The lowest BCUT2D eigenvalue weighted by Crippen LogP contribution is -2.68. The van der Waals surface area contributed by atoms with E-state index in [1.165, 1.54) is 5.69 Å². The van der Waals surface area contributed by atoms with Gasteiger partial charge in [0.05, 0.1) is 11.8 Å². The standard InChI is InChI=1S/C18H31N5O/c1-12-11-13(2)23(22-12)9-6-8-20-17(19-5)21-15-14-7-10-24-16(14)18(15,3)4/h11,14-16H,6-10H2,1-5H3,(H2,19,20,21). The molecule has 0 spiro atoms. The first-order valence-electron chi connectivity index (χ1n) is 9.03. The van der Waals surface area contributed by atoms with Gasteiger partial charge in [0.15, 0.2) is 5.96 Å². The molecule has 2 aliphatic rings. The molecule has 3 rings (SSSR count). The van der Waals surface area contributed by atoms with Gasteiger partial charge in [0.25, 0.3) is 0 Å². The molecule has 0 amide bonds. The fraction of sp³-hybridized carbons (Fsp3) is 0.778. The van der Waals surface area contributed by atoms with Gasteiger partial charge in [-0.05, 0) is 32.8 Å². The minimum absolute atomic E-state index is 0.169. The Kier molecular flexibility index (Phi) is 4.85. The number of fused-ring (bicyclic) bond motifs is 1. The third-order valence-corrected chi connectivity index (χ3v) is 5.56. The summed E-state index contributed by atoms with van der Waals surface area (Å²) in [4.78, 5) is 4.39. The van der Waals surface area contributed by atoms with Crippen LogP contribution in [0.5, 0.6) is 0 Å². The topological polar surface area (TPSA) is 63.5 Å². The zero-order chi connectivity index (χ0) is 17.3. The van der Waals surface area contributed by atoms with E-state index in [2.05, 4.69) is 52.2 Å². The van der Waals surface area contributed by atoms with Crippen LogP contribution in [0.2, 0.25) is 0 Å². The van der Waals surface area contributed by atoms with E-state index in [1.807, 2.05) is 14.0 Å². The lowest BCUT2D eigenvalue weighted by atomic mass is 9.57. The number of guanidine groups is 1. The van der Waals surface area contributed by atoms with Crippen LogP contribution in [0.15, 0.2) is 11.1 Å². The molecule has 3 unspecified atom stereocenters. The molecule has 0 bridgehead atoms. The van der Waals surface area contributed by atoms with Crippen molar-refractivity contribution in [2.24, 2.45) is 16.3 Å². The lowest BCUT2D eigenvalue weighted by Gasteiger charge is -2.54. The third-order valence-electron chi connectivity index (χ3n) is 5.56. The molecule has 2 heterocycles. The molecule has 2 fully saturated rings. The summed E-state index contributed by atoms with van der Waals surface area (Å²) in [5.41, 5.74) is 2.47. The van der Waals surface area contributed by atoms with Gasteiger partial charge in [-0.15, -0.1) is 0 Å². The molecule has 1 aromatic heterocycles. The van der Waals surface area contributed by atoms with Gasteiger partial charge in [0, 0.05) is 49.8 Å². The first kappa shape index (κ1) is 17.3. The van der Waals surface area contributed by atoms with Crippen molar-refractivity contribution in [1.29, 1.82) is 0 Å². The van der Waals surface area contributed by atoms with Crippen molar-refractivity contribution in [3.8, 4) is 0 Å². The molecular formula is C18H31N5O. The molecule has 2 N–H and O–H groups in total. The highest BCUT2D eigenvalue weighted by Crippen LogP contribution is 2.52. The van der Waals surface area contributed by atoms with Crippen LogP contribution in [-0.4, -0.2) is 48.1 Å². The Hall–Kier alpha value is -1.56. The van der Waals surface area contributed by atoms with E-state index in [4.69, 9.17) is 4.74 Å². The fourth-order valence-corrected chi connectivity index (χ4v) is 4.30. The van der Waals surface area contributed by atoms with Crippen molar-refractivity contribution in [2.45, 2.75) is 59.2 Å². The smallest absolute Gasteiger partial charge is 0.191 e. The minimum atomic E-state index is 0.169. The second-order valence-electron chi connectivity index (χ2n) is 7.69. The van der Waals surface area contributed by atoms with Gasteiger partial charge in [0.1, 0.15) is 0 Å². The summed E-state index contributed by atoms with van der Waals surface area (Å²) in [6, 6.07) is 2.55. The monoisotopic (exact) mass is 333 g/mol. The van der Waals surface area contributed by atoms with Crippen molar-refractivity contribution in [3.05, 3.63) is 17.5 Å². The number of nitrogens with one attached hydrogen (secondary N) is 2. The molecule has 1 aromatic rings. The summed E-state index contributed by atoms with van der Waals surface area (Å²) in [6.45, 7) is 11.4. The predicted molar refractivity (Wildman–Crippen MR) is 96.2 cm³/mol. The Morgan fingerprint density at radius 1 is 1.46 bits per heavy atom. The maximum absolute atomic E-state index is 5.86. The number of nitrogens with zero attached hydrogens (tertiary/aromatic N) is 3. The zero-order valence-corrected chi connectivity index (χ0v) is 15.6. The second kappa shape index (κ2) is 6.75. The van der Waals surface area contributed by atoms with E-state index in [1.54, 1.807) is 0 Å². The van der Waals surface area contributed by atoms with Crippen LogP contribution in [0, 0.1) is 25.2 Å². The Labute approximate surface area is 145 Å². The molecular weight excluding hydrogens is 302 g/mol. The Morgan fingerprint density at radius 2 is 2.25 bits per heavy atom. The molecule has 6 nitrogen and oxygen atoms in total. The number of aryl methyl sites for hydroxylation is 3. The first-order chi connectivity index (χ1) is 11.4. The van der Waals surface area contributed by atoms with Gasteiger partial charge in [-0.3, -0.25) is 9.67 Å². The molecule has 0 aromatic carbocycles. The third kappa shape index (κ3) is 3.16. The Bertz CT molecular complexity index is 607. The molecule has 134 valence electrons. The van der Waals surface area contributed by atoms with Crippen LogP contribution in [0.3, 0.4) is 0 Å². The predicted octanol–water partition coefficient (Wildman–Crippen LogP) is 1.87. The Balaban J connectivity index is 1.45. The molecule has 3 atom stereocenters. The van der Waals surface area contributed by atoms with Crippen molar-refractivity contribution >= 4 is 5.96 Å². The Morgan fingerprint density at radius 3 is 2.92 bits per heavy atom. The van der Waals surface area contributed by atoms with Crippen molar-refractivity contribution < 1.29 is 4.74 Å². The summed E-state index contributed by atoms with van der Waals surface area (Å²) in [7, 11) is 1.84. The summed E-state index contributed by atoms with van der Waals surface area (Å²) < 4.78 is 7.94.